The summed E-state index contributed by atoms with van der Waals surface area (Å²) in [6.07, 6.45) is 0. The van der Waals surface area contributed by atoms with Gasteiger partial charge in [0.2, 0.25) is 5.91 Å². The average molecular weight is 423 g/mol. The Bertz CT molecular complexity index is 1140. The number of nitrogens with zero attached hydrogens (tertiary/aromatic N) is 3. The highest BCUT2D eigenvalue weighted by Crippen LogP contribution is 2.34. The summed E-state index contributed by atoms with van der Waals surface area (Å²) < 4.78 is 5.13. The Morgan fingerprint density at radius 3 is 2.39 bits per heavy atom. The minimum atomic E-state index is -1.29. The summed E-state index contributed by atoms with van der Waals surface area (Å²) in [6.45, 7) is 2.49. The molecule has 0 aliphatic rings. The molecule has 28 heavy (non-hydrogen) atoms. The summed E-state index contributed by atoms with van der Waals surface area (Å²) in [5.41, 5.74) is 0.0923. The van der Waals surface area contributed by atoms with Gasteiger partial charge < -0.3 is 15.2 Å². The summed E-state index contributed by atoms with van der Waals surface area (Å²) in [5, 5.41) is 20.7. The molecule has 144 valence electrons. The maximum Gasteiger partial charge on any atom is 0.338 e. The van der Waals surface area contributed by atoms with Gasteiger partial charge in [-0.15, -0.1) is 15.0 Å². The molecule has 0 aliphatic carbocycles. The second-order valence-electron chi connectivity index (χ2n) is 5.66. The van der Waals surface area contributed by atoms with E-state index in [1.165, 1.54) is 38.1 Å². The Kier molecular flexibility index (Phi) is 5.21. The number of fused-ring (bicyclic) bond motifs is 1. The van der Waals surface area contributed by atoms with Crippen molar-refractivity contribution in [1.29, 1.82) is 0 Å². The van der Waals surface area contributed by atoms with E-state index in [0.29, 0.717) is 5.02 Å². The first-order valence-corrected chi connectivity index (χ1v) is 8.51. The predicted octanol–water partition coefficient (Wildman–Crippen LogP) is 3.31. The van der Waals surface area contributed by atoms with Gasteiger partial charge in [0.05, 0.1) is 16.3 Å². The lowest BCUT2D eigenvalue weighted by Gasteiger charge is -2.07. The number of rotatable bonds is 4. The molecule has 3 aromatic rings. The molecule has 0 bridgehead atoms. The molecule has 0 aliphatic heterocycles. The van der Waals surface area contributed by atoms with Crippen molar-refractivity contribution in [2.45, 2.75) is 13.8 Å². The number of aromatic nitrogens is 3. The molecule has 1 amide bonds. The Balaban J connectivity index is 2.28. The molecular weight excluding hydrogens is 411 g/mol. The Labute approximate surface area is 167 Å². The third kappa shape index (κ3) is 3.75. The first-order valence-electron chi connectivity index (χ1n) is 7.76. The van der Waals surface area contributed by atoms with Crippen LogP contribution in [0.2, 0.25) is 10.0 Å². The lowest BCUT2D eigenvalue weighted by atomic mass is 10.1. The summed E-state index contributed by atoms with van der Waals surface area (Å²) in [4.78, 5) is 35.4. The highest BCUT2D eigenvalue weighted by molar-refractivity contribution is 6.38. The standard InChI is InChI=1S/C17H12Cl2N4O5/c1-7(24)20-11-6-10(17(26)27)15-16(14(11)19)22-23(21-15)12-5-9(18)3-4-13(12)28-8(2)25/h3-6H,1-2H3,(H,20,24)(H,26,27). The number of carboxylic acids is 1. The number of carbonyl (C=O) groups is 3. The molecular formula is C17H12Cl2N4O5. The second-order valence-corrected chi connectivity index (χ2v) is 6.48. The Morgan fingerprint density at radius 1 is 1.11 bits per heavy atom. The third-order valence-electron chi connectivity index (χ3n) is 3.53. The van der Waals surface area contributed by atoms with Crippen LogP contribution in [0.5, 0.6) is 5.75 Å². The van der Waals surface area contributed by atoms with Crippen LogP contribution in [0.1, 0.15) is 24.2 Å². The van der Waals surface area contributed by atoms with Crippen molar-refractivity contribution >= 4 is 57.8 Å². The fraction of sp³-hybridized carbons (Fsp3) is 0.118. The van der Waals surface area contributed by atoms with Gasteiger partial charge in [-0.1, -0.05) is 23.2 Å². The zero-order valence-corrected chi connectivity index (χ0v) is 16.0. The molecule has 2 N–H and O–H groups in total. The minimum Gasteiger partial charge on any atom is -0.478 e. The van der Waals surface area contributed by atoms with Crippen LogP contribution in [0.3, 0.4) is 0 Å². The zero-order chi connectivity index (χ0) is 20.6. The first-order chi connectivity index (χ1) is 13.2. The van der Waals surface area contributed by atoms with Crippen molar-refractivity contribution in [3.05, 3.63) is 39.9 Å². The number of amides is 1. The molecule has 3 rings (SSSR count). The molecule has 2 aromatic carbocycles. The highest BCUT2D eigenvalue weighted by Gasteiger charge is 2.22. The van der Waals surface area contributed by atoms with Gasteiger partial charge in [-0.25, -0.2) is 4.79 Å². The Hall–Kier alpha value is -3.17. The van der Waals surface area contributed by atoms with Crippen molar-refractivity contribution in [3.8, 4) is 11.4 Å². The van der Waals surface area contributed by atoms with Crippen LogP contribution in [0.25, 0.3) is 16.7 Å². The maximum absolute atomic E-state index is 11.7. The molecule has 11 heteroatoms. The van der Waals surface area contributed by atoms with Crippen LogP contribution in [0.4, 0.5) is 5.69 Å². The summed E-state index contributed by atoms with van der Waals surface area (Å²) in [6, 6.07) is 5.60. The normalized spacial score (nSPS) is 10.7. The number of nitrogens with one attached hydrogen (secondary N) is 1. The second kappa shape index (κ2) is 7.45. The molecule has 1 aromatic heterocycles. The predicted molar refractivity (Wildman–Crippen MR) is 101 cm³/mol. The van der Waals surface area contributed by atoms with Crippen molar-refractivity contribution in [1.82, 2.24) is 15.0 Å². The van der Waals surface area contributed by atoms with Gasteiger partial charge in [0.25, 0.3) is 0 Å². The summed E-state index contributed by atoms with van der Waals surface area (Å²) in [7, 11) is 0. The average Bonchev–Trinajstić information content (AvgIpc) is 3.03. The van der Waals surface area contributed by atoms with Crippen LogP contribution >= 0.6 is 23.2 Å². The molecule has 0 fully saturated rings. The number of esters is 1. The van der Waals surface area contributed by atoms with Gasteiger partial charge in [0.15, 0.2) is 5.75 Å². The fourth-order valence-electron chi connectivity index (χ4n) is 2.48. The van der Waals surface area contributed by atoms with Crippen molar-refractivity contribution in [2.75, 3.05) is 5.32 Å². The number of anilines is 1. The van der Waals surface area contributed by atoms with E-state index in [1.807, 2.05) is 0 Å². The number of halogens is 2. The van der Waals surface area contributed by atoms with Gasteiger partial charge in [-0.2, -0.15) is 0 Å². The monoisotopic (exact) mass is 422 g/mol. The van der Waals surface area contributed by atoms with E-state index >= 15 is 0 Å². The molecule has 0 unspecified atom stereocenters. The smallest absolute Gasteiger partial charge is 0.338 e. The van der Waals surface area contributed by atoms with Crippen LogP contribution in [0, 0.1) is 0 Å². The molecule has 0 saturated heterocycles. The largest absolute Gasteiger partial charge is 0.478 e. The van der Waals surface area contributed by atoms with Crippen LogP contribution < -0.4 is 10.1 Å². The molecule has 9 nitrogen and oxygen atoms in total. The van der Waals surface area contributed by atoms with E-state index in [9.17, 15) is 19.5 Å². The van der Waals surface area contributed by atoms with Gasteiger partial charge in [-0.3, -0.25) is 9.59 Å². The van der Waals surface area contributed by atoms with E-state index in [4.69, 9.17) is 27.9 Å². The van der Waals surface area contributed by atoms with Gasteiger partial charge in [0, 0.05) is 18.9 Å². The maximum atomic E-state index is 11.7. The number of hydrogen-bond donors (Lipinski definition) is 2. The third-order valence-corrected chi connectivity index (χ3v) is 4.15. The minimum absolute atomic E-state index is 0.0116. The van der Waals surface area contributed by atoms with E-state index in [0.717, 1.165) is 4.80 Å². The van der Waals surface area contributed by atoms with E-state index in [-0.39, 0.29) is 38.7 Å². The quantitative estimate of drug-likeness (QED) is 0.488. The van der Waals surface area contributed by atoms with Crippen molar-refractivity contribution in [2.24, 2.45) is 0 Å². The topological polar surface area (TPSA) is 123 Å². The number of ether oxygens (including phenoxy) is 1. The summed E-state index contributed by atoms with van der Waals surface area (Å²) >= 11 is 12.3. The van der Waals surface area contributed by atoms with Crippen LogP contribution in [-0.4, -0.2) is 37.9 Å². The van der Waals surface area contributed by atoms with Crippen LogP contribution in [0.15, 0.2) is 24.3 Å². The Morgan fingerprint density at radius 2 is 1.79 bits per heavy atom. The number of benzene rings is 2. The fourth-order valence-corrected chi connectivity index (χ4v) is 2.87. The first kappa shape index (κ1) is 19.6. The summed E-state index contributed by atoms with van der Waals surface area (Å²) in [5.74, 6) is -2.17. The number of hydrogen-bond acceptors (Lipinski definition) is 6. The van der Waals surface area contributed by atoms with Gasteiger partial charge >= 0.3 is 11.9 Å². The number of carbonyl (C=O) groups excluding carboxylic acids is 2. The zero-order valence-electron chi connectivity index (χ0n) is 14.5. The molecule has 0 spiro atoms. The van der Waals surface area contributed by atoms with E-state index in [1.54, 1.807) is 0 Å². The molecule has 0 radical (unpaired) electrons. The van der Waals surface area contributed by atoms with E-state index < -0.39 is 17.8 Å². The lowest BCUT2D eigenvalue weighted by molar-refractivity contribution is -0.131. The van der Waals surface area contributed by atoms with Gasteiger partial charge in [-0.05, 0) is 24.3 Å². The molecule has 0 saturated carbocycles. The van der Waals surface area contributed by atoms with Gasteiger partial charge in [0.1, 0.15) is 16.7 Å². The van der Waals surface area contributed by atoms with Crippen LogP contribution in [-0.2, 0) is 9.59 Å². The van der Waals surface area contributed by atoms with Crippen molar-refractivity contribution in [3.63, 3.8) is 0 Å². The van der Waals surface area contributed by atoms with E-state index in [2.05, 4.69) is 15.5 Å². The molecule has 1 heterocycles. The number of carboxylic acid groups (broad SMARTS) is 1. The van der Waals surface area contributed by atoms with Crippen molar-refractivity contribution < 1.29 is 24.2 Å². The lowest BCUT2D eigenvalue weighted by Crippen LogP contribution is -2.08. The SMILES string of the molecule is CC(=O)Nc1cc(C(=O)O)c2nn(-c3cc(Cl)ccc3OC(C)=O)nc2c1Cl. The molecule has 0 atom stereocenters. The highest BCUT2D eigenvalue weighted by atomic mass is 35.5. The number of aromatic carboxylic acids is 1.